The van der Waals surface area contributed by atoms with E-state index in [4.69, 9.17) is 5.73 Å². The van der Waals surface area contributed by atoms with Crippen LogP contribution in [-0.4, -0.2) is 19.7 Å². The zero-order valence-corrected chi connectivity index (χ0v) is 11.6. The highest BCUT2D eigenvalue weighted by atomic mass is 32.2. The van der Waals surface area contributed by atoms with Crippen molar-refractivity contribution < 1.29 is 12.8 Å². The van der Waals surface area contributed by atoms with E-state index >= 15 is 0 Å². The minimum atomic E-state index is -3.70. The molecule has 0 aliphatic heterocycles. The summed E-state index contributed by atoms with van der Waals surface area (Å²) in [4.78, 5) is -0.247. The van der Waals surface area contributed by atoms with E-state index in [1.165, 1.54) is 18.2 Å². The first-order valence-electron chi connectivity index (χ1n) is 6.19. The maximum atomic E-state index is 13.6. The lowest BCUT2D eigenvalue weighted by atomic mass is 10.1. The first kappa shape index (κ1) is 15.1. The monoisotopic (exact) mass is 273 g/mol. The van der Waals surface area contributed by atoms with Gasteiger partial charge in [0.25, 0.3) is 0 Å². The molecule has 0 saturated carbocycles. The van der Waals surface area contributed by atoms with E-state index in [0.29, 0.717) is 12.8 Å². The second-order valence-electron chi connectivity index (χ2n) is 4.37. The van der Waals surface area contributed by atoms with Crippen LogP contribution in [0.1, 0.15) is 33.1 Å². The van der Waals surface area contributed by atoms with Gasteiger partial charge in [-0.3, -0.25) is 0 Å². The molecule has 1 aromatic rings. The number of hydrogen-bond acceptors (Lipinski definition) is 3. The van der Waals surface area contributed by atoms with Crippen LogP contribution in [0.2, 0.25) is 0 Å². The third-order valence-electron chi connectivity index (χ3n) is 3.04. The summed E-state index contributed by atoms with van der Waals surface area (Å²) in [5.41, 5.74) is 5.91. The van der Waals surface area contributed by atoms with Gasteiger partial charge in [-0.05, 0) is 25.0 Å². The molecule has 18 heavy (non-hydrogen) atoms. The smallest absolute Gasteiger partial charge is 0.185 e. The molecule has 2 atom stereocenters. The molecule has 1 rings (SSSR count). The van der Waals surface area contributed by atoms with Gasteiger partial charge in [-0.1, -0.05) is 32.4 Å². The zero-order valence-electron chi connectivity index (χ0n) is 10.8. The molecule has 2 N–H and O–H groups in total. The molecule has 0 aliphatic carbocycles. The van der Waals surface area contributed by atoms with Crippen molar-refractivity contribution in [3.8, 4) is 0 Å². The normalized spacial score (nSPS) is 15.3. The summed E-state index contributed by atoms with van der Waals surface area (Å²) >= 11 is 0. The standard InChI is InChI=1S/C13H20FNO2S/c1-3-7-11(15)12(4-2)18(16,17)13-9-6-5-8-10(13)14/h5-6,8-9,11-12H,3-4,7,15H2,1-2H3. The molecule has 0 amide bonds. The molecule has 0 spiro atoms. The Morgan fingerprint density at radius 2 is 1.89 bits per heavy atom. The summed E-state index contributed by atoms with van der Waals surface area (Å²) in [6.45, 7) is 3.71. The van der Waals surface area contributed by atoms with Gasteiger partial charge in [0, 0.05) is 6.04 Å². The first-order valence-corrected chi connectivity index (χ1v) is 7.73. The van der Waals surface area contributed by atoms with Crippen LogP contribution in [0, 0.1) is 5.82 Å². The van der Waals surface area contributed by atoms with Gasteiger partial charge in [-0.2, -0.15) is 0 Å². The predicted molar refractivity (Wildman–Crippen MR) is 70.5 cm³/mol. The van der Waals surface area contributed by atoms with Crippen LogP contribution in [0.4, 0.5) is 4.39 Å². The Morgan fingerprint density at radius 3 is 2.39 bits per heavy atom. The second kappa shape index (κ2) is 6.29. The molecule has 1 aromatic carbocycles. The van der Waals surface area contributed by atoms with Gasteiger partial charge in [0.1, 0.15) is 10.7 Å². The highest BCUT2D eigenvalue weighted by Gasteiger charge is 2.32. The molecule has 5 heteroatoms. The molecule has 102 valence electrons. The first-order chi connectivity index (χ1) is 8.45. The summed E-state index contributed by atoms with van der Waals surface area (Å²) in [5, 5.41) is -0.727. The van der Waals surface area contributed by atoms with E-state index in [1.54, 1.807) is 6.92 Å². The molecule has 0 fully saturated rings. The summed E-state index contributed by atoms with van der Waals surface area (Å²) < 4.78 is 38.4. The van der Waals surface area contributed by atoms with Crippen LogP contribution < -0.4 is 5.73 Å². The van der Waals surface area contributed by atoms with E-state index in [2.05, 4.69) is 0 Å². The van der Waals surface area contributed by atoms with Crippen LogP contribution >= 0.6 is 0 Å². The molecule has 0 aliphatic rings. The van der Waals surface area contributed by atoms with Crippen LogP contribution in [0.3, 0.4) is 0 Å². The summed E-state index contributed by atoms with van der Waals surface area (Å²) in [6, 6.07) is 5.00. The Balaban J connectivity index is 3.15. The maximum absolute atomic E-state index is 13.6. The molecular weight excluding hydrogens is 253 g/mol. The second-order valence-corrected chi connectivity index (χ2v) is 6.51. The molecule has 3 nitrogen and oxygen atoms in total. The predicted octanol–water partition coefficient (Wildman–Crippen LogP) is 2.51. The molecule has 0 bridgehead atoms. The number of rotatable bonds is 6. The minimum absolute atomic E-state index is 0.247. The fraction of sp³-hybridized carbons (Fsp3) is 0.538. The topological polar surface area (TPSA) is 60.2 Å². The highest BCUT2D eigenvalue weighted by molar-refractivity contribution is 7.92. The average molecular weight is 273 g/mol. The van der Waals surface area contributed by atoms with Gasteiger partial charge in [0.2, 0.25) is 0 Å². The number of nitrogens with two attached hydrogens (primary N) is 1. The average Bonchev–Trinajstić information content (AvgIpc) is 2.30. The molecule has 2 unspecified atom stereocenters. The Bertz CT molecular complexity index is 488. The van der Waals surface area contributed by atoms with Gasteiger partial charge in [-0.15, -0.1) is 0 Å². The summed E-state index contributed by atoms with van der Waals surface area (Å²) in [5.74, 6) is -0.709. The van der Waals surface area contributed by atoms with Crippen molar-refractivity contribution in [2.45, 2.75) is 49.3 Å². The van der Waals surface area contributed by atoms with E-state index < -0.39 is 26.9 Å². The molecule has 0 saturated heterocycles. The van der Waals surface area contributed by atoms with Crippen molar-refractivity contribution in [3.05, 3.63) is 30.1 Å². The Kier molecular flexibility index (Phi) is 5.28. The Labute approximate surface area is 108 Å². The fourth-order valence-corrected chi connectivity index (χ4v) is 4.08. The molecule has 0 radical (unpaired) electrons. The van der Waals surface area contributed by atoms with Crippen LogP contribution in [0.5, 0.6) is 0 Å². The third kappa shape index (κ3) is 3.09. The molecular formula is C13H20FNO2S. The summed E-state index contributed by atoms with van der Waals surface area (Å²) in [6.07, 6.45) is 1.81. The maximum Gasteiger partial charge on any atom is 0.185 e. The van der Waals surface area contributed by atoms with Gasteiger partial charge < -0.3 is 5.73 Å². The van der Waals surface area contributed by atoms with Crippen LogP contribution in [-0.2, 0) is 9.84 Å². The molecule has 0 aromatic heterocycles. The Morgan fingerprint density at radius 1 is 1.28 bits per heavy atom. The highest BCUT2D eigenvalue weighted by Crippen LogP contribution is 2.24. The van der Waals surface area contributed by atoms with Crippen LogP contribution in [0.15, 0.2) is 29.2 Å². The quantitative estimate of drug-likeness (QED) is 0.866. The minimum Gasteiger partial charge on any atom is -0.327 e. The van der Waals surface area contributed by atoms with Crippen molar-refractivity contribution in [2.75, 3.05) is 0 Å². The SMILES string of the molecule is CCCC(N)C(CC)S(=O)(=O)c1ccccc1F. The fourth-order valence-electron chi connectivity index (χ4n) is 2.11. The van der Waals surface area contributed by atoms with Gasteiger partial charge in [0.05, 0.1) is 5.25 Å². The van der Waals surface area contributed by atoms with E-state index in [-0.39, 0.29) is 4.90 Å². The zero-order chi connectivity index (χ0) is 13.8. The number of benzene rings is 1. The number of hydrogen-bond donors (Lipinski definition) is 1. The van der Waals surface area contributed by atoms with Crippen molar-refractivity contribution >= 4 is 9.84 Å². The lowest BCUT2D eigenvalue weighted by Crippen LogP contribution is -2.40. The third-order valence-corrected chi connectivity index (χ3v) is 5.47. The van der Waals surface area contributed by atoms with Crippen LogP contribution in [0.25, 0.3) is 0 Å². The van der Waals surface area contributed by atoms with Crippen molar-refractivity contribution in [1.82, 2.24) is 0 Å². The van der Waals surface area contributed by atoms with E-state index in [1.807, 2.05) is 6.92 Å². The van der Waals surface area contributed by atoms with Crippen molar-refractivity contribution in [2.24, 2.45) is 5.73 Å². The number of sulfone groups is 1. The van der Waals surface area contributed by atoms with Gasteiger partial charge in [-0.25, -0.2) is 12.8 Å². The van der Waals surface area contributed by atoms with Crippen molar-refractivity contribution in [3.63, 3.8) is 0 Å². The largest absolute Gasteiger partial charge is 0.327 e. The van der Waals surface area contributed by atoms with Gasteiger partial charge >= 0.3 is 0 Å². The van der Waals surface area contributed by atoms with E-state index in [9.17, 15) is 12.8 Å². The molecule has 0 heterocycles. The van der Waals surface area contributed by atoms with Gasteiger partial charge in [0.15, 0.2) is 9.84 Å². The number of halogens is 1. The lowest BCUT2D eigenvalue weighted by molar-refractivity contribution is 0.509. The lowest BCUT2D eigenvalue weighted by Gasteiger charge is -2.22. The van der Waals surface area contributed by atoms with Crippen molar-refractivity contribution in [1.29, 1.82) is 0 Å². The Hall–Kier alpha value is -0.940. The van der Waals surface area contributed by atoms with E-state index in [0.717, 1.165) is 12.5 Å². The summed E-state index contributed by atoms with van der Waals surface area (Å²) in [7, 11) is -3.70.